The SMILES string of the molecule is COc1ccc(SCCC(=O)Nc2ccc(C(=O)NCC(F)(F)F)cc2)cc1. The molecule has 150 valence electrons. The van der Waals surface area contributed by atoms with Crippen molar-refractivity contribution < 1.29 is 27.5 Å². The lowest BCUT2D eigenvalue weighted by atomic mass is 10.2. The van der Waals surface area contributed by atoms with Gasteiger partial charge in [0.25, 0.3) is 5.91 Å². The number of ether oxygens (including phenoxy) is 1. The zero-order valence-electron chi connectivity index (χ0n) is 15.0. The topological polar surface area (TPSA) is 67.4 Å². The Morgan fingerprint density at radius 1 is 1.04 bits per heavy atom. The molecule has 0 atom stereocenters. The first-order valence-electron chi connectivity index (χ1n) is 8.28. The maximum absolute atomic E-state index is 12.1. The molecule has 2 aromatic rings. The highest BCUT2D eigenvalue weighted by Gasteiger charge is 2.27. The molecule has 0 aliphatic rings. The Kier molecular flexibility index (Phi) is 7.74. The van der Waals surface area contributed by atoms with E-state index in [0.717, 1.165) is 10.6 Å². The number of alkyl halides is 3. The zero-order valence-corrected chi connectivity index (χ0v) is 15.8. The summed E-state index contributed by atoms with van der Waals surface area (Å²) in [6.07, 6.45) is -4.18. The number of methoxy groups -OCH3 is 1. The van der Waals surface area contributed by atoms with E-state index in [1.165, 1.54) is 36.0 Å². The van der Waals surface area contributed by atoms with Gasteiger partial charge in [-0.3, -0.25) is 9.59 Å². The molecule has 2 aromatic carbocycles. The van der Waals surface area contributed by atoms with Crippen molar-refractivity contribution >= 4 is 29.3 Å². The van der Waals surface area contributed by atoms with Gasteiger partial charge in [-0.05, 0) is 48.5 Å². The molecule has 2 rings (SSSR count). The van der Waals surface area contributed by atoms with Gasteiger partial charge < -0.3 is 15.4 Å². The number of hydrogen-bond donors (Lipinski definition) is 2. The second-order valence-electron chi connectivity index (χ2n) is 5.70. The van der Waals surface area contributed by atoms with Crippen LogP contribution in [0.15, 0.2) is 53.4 Å². The summed E-state index contributed by atoms with van der Waals surface area (Å²) in [4.78, 5) is 24.6. The van der Waals surface area contributed by atoms with Gasteiger partial charge in [-0.25, -0.2) is 0 Å². The van der Waals surface area contributed by atoms with Crippen molar-refractivity contribution in [3.05, 3.63) is 54.1 Å². The standard InChI is InChI=1S/C19H19F3N2O3S/c1-27-15-6-8-16(9-7-15)28-11-10-17(25)24-14-4-2-13(3-5-14)18(26)23-12-19(20,21)22/h2-9H,10-12H2,1H3,(H,23,26)(H,24,25). The largest absolute Gasteiger partial charge is 0.497 e. The molecule has 0 radical (unpaired) electrons. The van der Waals surface area contributed by atoms with Gasteiger partial charge in [0.2, 0.25) is 5.91 Å². The average molecular weight is 412 g/mol. The van der Waals surface area contributed by atoms with Crippen molar-refractivity contribution in [1.82, 2.24) is 5.32 Å². The molecular formula is C19H19F3N2O3S. The van der Waals surface area contributed by atoms with E-state index in [0.29, 0.717) is 11.4 Å². The lowest BCUT2D eigenvalue weighted by molar-refractivity contribution is -0.123. The minimum atomic E-state index is -4.46. The smallest absolute Gasteiger partial charge is 0.405 e. The third kappa shape index (κ3) is 7.51. The monoisotopic (exact) mass is 412 g/mol. The molecule has 0 fully saturated rings. The second-order valence-corrected chi connectivity index (χ2v) is 6.87. The Morgan fingerprint density at radius 3 is 2.25 bits per heavy atom. The number of rotatable bonds is 8. The number of anilines is 1. The first kappa shape index (κ1) is 21.6. The first-order chi connectivity index (χ1) is 13.3. The normalized spacial score (nSPS) is 11.0. The van der Waals surface area contributed by atoms with E-state index in [4.69, 9.17) is 4.74 Å². The summed E-state index contributed by atoms with van der Waals surface area (Å²) in [7, 11) is 1.59. The predicted octanol–water partition coefficient (Wildman–Crippen LogP) is 4.11. The summed E-state index contributed by atoms with van der Waals surface area (Å²) in [5.74, 6) is 0.315. The molecule has 0 aliphatic carbocycles. The summed E-state index contributed by atoms with van der Waals surface area (Å²) in [5, 5.41) is 4.47. The zero-order chi connectivity index (χ0) is 20.6. The van der Waals surface area contributed by atoms with Crippen molar-refractivity contribution in [3.63, 3.8) is 0 Å². The fourth-order valence-corrected chi connectivity index (χ4v) is 3.00. The van der Waals surface area contributed by atoms with Crippen molar-refractivity contribution in [3.8, 4) is 5.75 Å². The number of thioether (sulfide) groups is 1. The maximum atomic E-state index is 12.1. The number of halogens is 3. The predicted molar refractivity (Wildman–Crippen MR) is 102 cm³/mol. The van der Waals surface area contributed by atoms with E-state index in [1.807, 2.05) is 24.3 Å². The van der Waals surface area contributed by atoms with Gasteiger partial charge in [0.1, 0.15) is 12.3 Å². The minimum absolute atomic E-state index is 0.0808. The fraction of sp³-hybridized carbons (Fsp3) is 0.263. The first-order valence-corrected chi connectivity index (χ1v) is 9.27. The molecule has 9 heteroatoms. The summed E-state index contributed by atoms with van der Waals surface area (Å²) in [6.45, 7) is -1.39. The molecule has 0 saturated carbocycles. The molecule has 0 unspecified atom stereocenters. The Labute approximate surface area is 164 Å². The molecule has 0 aromatic heterocycles. The molecule has 0 aliphatic heterocycles. The van der Waals surface area contributed by atoms with Gasteiger partial charge in [0.15, 0.2) is 0 Å². The van der Waals surface area contributed by atoms with Crippen LogP contribution in [0.4, 0.5) is 18.9 Å². The summed E-state index contributed by atoms with van der Waals surface area (Å²) >= 11 is 1.53. The van der Waals surface area contributed by atoms with E-state index in [9.17, 15) is 22.8 Å². The van der Waals surface area contributed by atoms with Crippen molar-refractivity contribution in [1.29, 1.82) is 0 Å². The molecule has 0 saturated heterocycles. The van der Waals surface area contributed by atoms with Crippen LogP contribution in [-0.2, 0) is 4.79 Å². The average Bonchev–Trinajstić information content (AvgIpc) is 2.66. The highest BCUT2D eigenvalue weighted by atomic mass is 32.2. The van der Waals surface area contributed by atoms with Crippen molar-refractivity contribution in [2.24, 2.45) is 0 Å². The Balaban J connectivity index is 1.76. The van der Waals surface area contributed by atoms with Crippen LogP contribution in [0.25, 0.3) is 0 Å². The van der Waals surface area contributed by atoms with E-state index in [2.05, 4.69) is 5.32 Å². The molecule has 2 amide bonds. The third-order valence-electron chi connectivity index (χ3n) is 3.54. The fourth-order valence-electron chi connectivity index (χ4n) is 2.14. The van der Waals surface area contributed by atoms with E-state index < -0.39 is 18.6 Å². The van der Waals surface area contributed by atoms with Crippen LogP contribution in [0.1, 0.15) is 16.8 Å². The molecule has 0 spiro atoms. The van der Waals surface area contributed by atoms with Gasteiger partial charge in [-0.15, -0.1) is 11.8 Å². The van der Waals surface area contributed by atoms with Crippen LogP contribution >= 0.6 is 11.8 Å². The quantitative estimate of drug-likeness (QED) is 0.641. The molecule has 0 heterocycles. The Bertz CT molecular complexity index is 794. The number of carbonyl (C=O) groups excluding carboxylic acids is 2. The van der Waals surface area contributed by atoms with E-state index >= 15 is 0 Å². The number of carbonyl (C=O) groups is 2. The number of amides is 2. The lowest BCUT2D eigenvalue weighted by Gasteiger charge is -2.09. The van der Waals surface area contributed by atoms with Gasteiger partial charge in [0.05, 0.1) is 7.11 Å². The molecule has 28 heavy (non-hydrogen) atoms. The number of benzene rings is 2. The van der Waals surface area contributed by atoms with Crippen LogP contribution in [0.2, 0.25) is 0 Å². The van der Waals surface area contributed by atoms with Crippen LogP contribution in [-0.4, -0.2) is 37.4 Å². The highest BCUT2D eigenvalue weighted by molar-refractivity contribution is 7.99. The Morgan fingerprint density at radius 2 is 1.68 bits per heavy atom. The van der Waals surface area contributed by atoms with E-state index in [-0.39, 0.29) is 17.9 Å². The van der Waals surface area contributed by atoms with Gasteiger partial charge in [-0.1, -0.05) is 0 Å². The molecule has 0 bridgehead atoms. The second kappa shape index (κ2) is 10.0. The van der Waals surface area contributed by atoms with Crippen LogP contribution in [0.5, 0.6) is 5.75 Å². The van der Waals surface area contributed by atoms with Crippen LogP contribution in [0, 0.1) is 0 Å². The number of nitrogens with one attached hydrogen (secondary N) is 2. The Hall–Kier alpha value is -2.68. The van der Waals surface area contributed by atoms with Gasteiger partial charge >= 0.3 is 6.18 Å². The van der Waals surface area contributed by atoms with Crippen molar-refractivity contribution in [2.45, 2.75) is 17.5 Å². The molecule has 2 N–H and O–H groups in total. The summed E-state index contributed by atoms with van der Waals surface area (Å²) in [5.41, 5.74) is 0.545. The summed E-state index contributed by atoms with van der Waals surface area (Å²) < 4.78 is 41.4. The lowest BCUT2D eigenvalue weighted by Crippen LogP contribution is -2.33. The van der Waals surface area contributed by atoms with E-state index in [1.54, 1.807) is 12.4 Å². The van der Waals surface area contributed by atoms with Crippen LogP contribution < -0.4 is 15.4 Å². The van der Waals surface area contributed by atoms with Gasteiger partial charge in [0, 0.05) is 28.3 Å². The van der Waals surface area contributed by atoms with Crippen molar-refractivity contribution in [2.75, 3.05) is 24.7 Å². The summed E-state index contributed by atoms with van der Waals surface area (Å²) in [6, 6.07) is 13.1. The number of hydrogen-bond acceptors (Lipinski definition) is 4. The van der Waals surface area contributed by atoms with Gasteiger partial charge in [-0.2, -0.15) is 13.2 Å². The highest BCUT2D eigenvalue weighted by Crippen LogP contribution is 2.22. The van der Waals surface area contributed by atoms with Crippen LogP contribution in [0.3, 0.4) is 0 Å². The third-order valence-corrected chi connectivity index (χ3v) is 4.55. The maximum Gasteiger partial charge on any atom is 0.405 e. The minimum Gasteiger partial charge on any atom is -0.497 e. The molecule has 5 nitrogen and oxygen atoms in total. The molecular weight excluding hydrogens is 393 g/mol.